The van der Waals surface area contributed by atoms with Crippen LogP contribution >= 0.6 is 11.8 Å². The summed E-state index contributed by atoms with van der Waals surface area (Å²) in [6.07, 6.45) is 1.64. The van der Waals surface area contributed by atoms with E-state index in [0.717, 1.165) is 17.1 Å². The van der Waals surface area contributed by atoms with Gasteiger partial charge in [-0.2, -0.15) is 0 Å². The van der Waals surface area contributed by atoms with Crippen LogP contribution in [0, 0.1) is 13.8 Å². The number of carbonyl (C=O) groups is 1. The van der Waals surface area contributed by atoms with Gasteiger partial charge in [0.1, 0.15) is 5.76 Å². The molecule has 0 spiro atoms. The highest BCUT2D eigenvalue weighted by atomic mass is 32.2. The third-order valence-corrected chi connectivity index (χ3v) is 5.57. The maximum atomic E-state index is 12.8. The number of hydrogen-bond donors (Lipinski definition) is 1. The van der Waals surface area contributed by atoms with Crippen molar-refractivity contribution >= 4 is 28.4 Å². The van der Waals surface area contributed by atoms with Gasteiger partial charge in [-0.15, -0.1) is 0 Å². The quantitative estimate of drug-likeness (QED) is 0.305. The molecule has 142 valence electrons. The zero-order chi connectivity index (χ0) is 19.7. The predicted molar refractivity (Wildman–Crippen MR) is 109 cm³/mol. The first-order valence-corrected chi connectivity index (χ1v) is 9.85. The third kappa shape index (κ3) is 3.53. The Morgan fingerprint density at radius 3 is 2.82 bits per heavy atom. The Labute approximate surface area is 165 Å². The van der Waals surface area contributed by atoms with Gasteiger partial charge in [-0.25, -0.2) is 4.98 Å². The van der Waals surface area contributed by atoms with E-state index in [1.165, 1.54) is 11.8 Å². The number of Topliss-reactive ketones (excluding diaryl/α,β-unsaturated/α-hetero) is 1. The summed E-state index contributed by atoms with van der Waals surface area (Å²) in [6, 6.07) is 12.8. The molecule has 0 aliphatic heterocycles. The molecule has 6 nitrogen and oxygen atoms in total. The Morgan fingerprint density at radius 2 is 2.04 bits per heavy atom. The molecule has 28 heavy (non-hydrogen) atoms. The van der Waals surface area contributed by atoms with E-state index in [4.69, 9.17) is 4.42 Å². The number of hydrogen-bond acceptors (Lipinski definition) is 5. The van der Waals surface area contributed by atoms with Crippen molar-refractivity contribution < 1.29 is 9.21 Å². The Bertz CT molecular complexity index is 1210. The molecule has 4 rings (SSSR count). The molecule has 0 atom stereocenters. The predicted octanol–water partition coefficient (Wildman–Crippen LogP) is 3.96. The molecule has 4 aromatic rings. The molecular formula is C21H19N3O3S. The minimum atomic E-state index is -0.197. The first kappa shape index (κ1) is 18.3. The van der Waals surface area contributed by atoms with Crippen molar-refractivity contribution in [2.24, 2.45) is 0 Å². The van der Waals surface area contributed by atoms with Gasteiger partial charge in [-0.3, -0.25) is 9.59 Å². The van der Waals surface area contributed by atoms with E-state index < -0.39 is 0 Å². The van der Waals surface area contributed by atoms with Crippen LogP contribution in [-0.4, -0.2) is 26.1 Å². The Kier molecular flexibility index (Phi) is 4.92. The number of thioether (sulfide) groups is 1. The molecule has 0 saturated heterocycles. The van der Waals surface area contributed by atoms with Crippen LogP contribution in [0.5, 0.6) is 0 Å². The summed E-state index contributed by atoms with van der Waals surface area (Å²) in [5.41, 5.74) is 3.01. The molecule has 7 heteroatoms. The van der Waals surface area contributed by atoms with Gasteiger partial charge in [-0.05, 0) is 44.2 Å². The molecule has 0 radical (unpaired) electrons. The number of fused-ring (bicyclic) bond motifs is 1. The lowest BCUT2D eigenvalue weighted by molar-refractivity contribution is 0.102. The fourth-order valence-corrected chi connectivity index (χ4v) is 3.98. The average molecular weight is 393 g/mol. The van der Waals surface area contributed by atoms with E-state index in [1.54, 1.807) is 24.5 Å². The number of nitrogens with one attached hydrogen (secondary N) is 1. The first-order valence-electron chi connectivity index (χ1n) is 8.87. The minimum Gasteiger partial charge on any atom is -0.467 e. The standard InChI is InChI=1S/C21H19N3O3S/c1-13-10-17(14(2)24(13)11-15-6-5-9-27-15)19(25)12-28-21-22-18-8-4-3-7-16(18)20(26)23-21/h3-10H,11-12H2,1-2H3,(H,22,23,26). The molecule has 0 saturated carbocycles. The highest BCUT2D eigenvalue weighted by Crippen LogP contribution is 2.21. The molecule has 0 aliphatic rings. The van der Waals surface area contributed by atoms with Crippen LogP contribution in [-0.2, 0) is 6.54 Å². The van der Waals surface area contributed by atoms with Gasteiger partial charge >= 0.3 is 0 Å². The van der Waals surface area contributed by atoms with Gasteiger partial charge in [0.2, 0.25) is 0 Å². The number of para-hydroxylation sites is 1. The Balaban J connectivity index is 1.52. The number of nitrogens with zero attached hydrogens (tertiary/aromatic N) is 2. The Morgan fingerprint density at radius 1 is 1.21 bits per heavy atom. The SMILES string of the molecule is Cc1cc(C(=O)CSc2nc3ccccc3c(=O)[nH]2)c(C)n1Cc1ccco1. The number of aromatic nitrogens is 3. The summed E-state index contributed by atoms with van der Waals surface area (Å²) >= 11 is 1.24. The molecule has 0 bridgehead atoms. The summed E-state index contributed by atoms with van der Waals surface area (Å²) in [7, 11) is 0. The molecule has 3 heterocycles. The van der Waals surface area contributed by atoms with E-state index >= 15 is 0 Å². The first-order chi connectivity index (χ1) is 13.5. The van der Waals surface area contributed by atoms with Crippen LogP contribution in [0.2, 0.25) is 0 Å². The van der Waals surface area contributed by atoms with Crippen LogP contribution in [0.25, 0.3) is 10.9 Å². The summed E-state index contributed by atoms with van der Waals surface area (Å²) in [5, 5.41) is 0.987. The lowest BCUT2D eigenvalue weighted by atomic mass is 10.2. The van der Waals surface area contributed by atoms with Crippen molar-refractivity contribution in [1.82, 2.24) is 14.5 Å². The molecular weight excluding hydrogens is 374 g/mol. The van der Waals surface area contributed by atoms with E-state index in [0.29, 0.717) is 28.2 Å². The lowest BCUT2D eigenvalue weighted by Gasteiger charge is -2.08. The smallest absolute Gasteiger partial charge is 0.259 e. The molecule has 1 aromatic carbocycles. The largest absolute Gasteiger partial charge is 0.467 e. The molecule has 0 amide bonds. The monoisotopic (exact) mass is 393 g/mol. The van der Waals surface area contributed by atoms with Gasteiger partial charge < -0.3 is 14.0 Å². The van der Waals surface area contributed by atoms with Gasteiger partial charge in [0, 0.05) is 17.0 Å². The number of ketones is 1. The highest BCUT2D eigenvalue weighted by molar-refractivity contribution is 7.99. The summed E-state index contributed by atoms with van der Waals surface area (Å²) in [4.78, 5) is 32.1. The number of rotatable bonds is 6. The van der Waals surface area contributed by atoms with Crippen molar-refractivity contribution in [1.29, 1.82) is 0 Å². The molecule has 1 N–H and O–H groups in total. The number of benzene rings is 1. The number of aromatic amines is 1. The highest BCUT2D eigenvalue weighted by Gasteiger charge is 2.17. The third-order valence-electron chi connectivity index (χ3n) is 4.70. The fourth-order valence-electron chi connectivity index (χ4n) is 3.23. The topological polar surface area (TPSA) is 80.9 Å². The summed E-state index contributed by atoms with van der Waals surface area (Å²) in [5.74, 6) is 1.04. The zero-order valence-electron chi connectivity index (χ0n) is 15.6. The zero-order valence-corrected chi connectivity index (χ0v) is 16.4. The van der Waals surface area contributed by atoms with E-state index in [2.05, 4.69) is 14.5 Å². The molecule has 0 fully saturated rings. The molecule has 0 aliphatic carbocycles. The van der Waals surface area contributed by atoms with Gasteiger partial charge in [0.15, 0.2) is 10.9 Å². The maximum absolute atomic E-state index is 12.8. The summed E-state index contributed by atoms with van der Waals surface area (Å²) in [6.45, 7) is 4.50. The second-order valence-corrected chi connectivity index (χ2v) is 7.51. The van der Waals surface area contributed by atoms with Crippen molar-refractivity contribution in [3.05, 3.63) is 81.8 Å². The summed E-state index contributed by atoms with van der Waals surface area (Å²) < 4.78 is 7.48. The number of carbonyl (C=O) groups excluding carboxylic acids is 1. The van der Waals surface area contributed by atoms with E-state index in [1.807, 2.05) is 38.1 Å². The van der Waals surface area contributed by atoms with Gasteiger partial charge in [-0.1, -0.05) is 23.9 Å². The normalized spacial score (nSPS) is 11.2. The molecule has 0 unspecified atom stereocenters. The lowest BCUT2D eigenvalue weighted by Crippen LogP contribution is -2.11. The second-order valence-electron chi connectivity index (χ2n) is 6.55. The van der Waals surface area contributed by atoms with Crippen LogP contribution in [0.15, 0.2) is 63.1 Å². The number of furan rings is 1. The van der Waals surface area contributed by atoms with Crippen molar-refractivity contribution in [2.75, 3.05) is 5.75 Å². The molecule has 3 aromatic heterocycles. The number of aryl methyl sites for hydroxylation is 1. The fraction of sp³-hybridized carbons (Fsp3) is 0.190. The van der Waals surface area contributed by atoms with Crippen molar-refractivity contribution in [3.8, 4) is 0 Å². The van der Waals surface area contributed by atoms with Crippen LogP contribution in [0.3, 0.4) is 0 Å². The minimum absolute atomic E-state index is 0.000368. The van der Waals surface area contributed by atoms with Gasteiger partial charge in [0.25, 0.3) is 5.56 Å². The van der Waals surface area contributed by atoms with Crippen LogP contribution in [0.1, 0.15) is 27.5 Å². The number of H-pyrrole nitrogens is 1. The Hall–Kier alpha value is -3.06. The van der Waals surface area contributed by atoms with Crippen molar-refractivity contribution in [3.63, 3.8) is 0 Å². The van der Waals surface area contributed by atoms with Gasteiger partial charge in [0.05, 0.1) is 29.5 Å². The van der Waals surface area contributed by atoms with E-state index in [9.17, 15) is 9.59 Å². The van der Waals surface area contributed by atoms with Crippen molar-refractivity contribution in [2.45, 2.75) is 25.5 Å². The van der Waals surface area contributed by atoms with Crippen LogP contribution < -0.4 is 5.56 Å². The second kappa shape index (κ2) is 7.52. The average Bonchev–Trinajstić information content (AvgIpc) is 3.30. The van der Waals surface area contributed by atoms with Crippen LogP contribution in [0.4, 0.5) is 0 Å². The maximum Gasteiger partial charge on any atom is 0.259 e. The van der Waals surface area contributed by atoms with E-state index in [-0.39, 0.29) is 17.1 Å².